The molecule has 1 heterocycles. The minimum absolute atomic E-state index is 0.829. The highest BCUT2D eigenvalue weighted by molar-refractivity contribution is 6.62. The van der Waals surface area contributed by atoms with Crippen molar-refractivity contribution in [2.45, 2.75) is 25.9 Å². The van der Waals surface area contributed by atoms with Crippen LogP contribution < -0.4 is 5.73 Å². The van der Waals surface area contributed by atoms with Crippen LogP contribution in [0.2, 0.25) is 19.0 Å². The highest BCUT2D eigenvalue weighted by atomic mass is 14.6. The van der Waals surface area contributed by atoms with Gasteiger partial charge in [0.15, 0.2) is 0 Å². The molecule has 1 rings (SSSR count). The topological polar surface area (TPSA) is 26.0 Å². The van der Waals surface area contributed by atoms with Gasteiger partial charge >= 0.3 is 0 Å². The highest BCUT2D eigenvalue weighted by Crippen LogP contribution is 2.38. The maximum Gasteiger partial charge on any atom is 0.142 e. The molecular weight excluding hydrogens is 96.9 g/mol. The first-order valence-corrected chi connectivity index (χ1v) is 3.45. The molecule has 0 spiro atoms. The Balaban J connectivity index is 2.29. The Labute approximate surface area is 51.7 Å². The van der Waals surface area contributed by atoms with E-state index in [0.717, 1.165) is 25.0 Å². The van der Waals surface area contributed by atoms with Gasteiger partial charge in [-0.15, -0.1) is 0 Å². The van der Waals surface area contributed by atoms with Crippen molar-refractivity contribution in [3.8, 4) is 0 Å². The molecule has 0 aromatic carbocycles. The molecule has 1 saturated heterocycles. The lowest BCUT2D eigenvalue weighted by Crippen LogP contribution is -2.40. The Kier molecular flexibility index (Phi) is 1.61. The van der Waals surface area contributed by atoms with E-state index in [9.17, 15) is 0 Å². The van der Waals surface area contributed by atoms with Gasteiger partial charge in [-0.25, -0.2) is 0 Å². The van der Waals surface area contributed by atoms with Crippen molar-refractivity contribution in [2.24, 2.45) is 11.7 Å². The Morgan fingerprint density at radius 1 is 1.75 bits per heavy atom. The summed E-state index contributed by atoms with van der Waals surface area (Å²) in [5.74, 6) is 1.73. The molecule has 1 fully saturated rings. The molecule has 2 N–H and O–H groups in total. The van der Waals surface area contributed by atoms with Gasteiger partial charge in [0.2, 0.25) is 0 Å². The van der Waals surface area contributed by atoms with E-state index >= 15 is 0 Å². The summed E-state index contributed by atoms with van der Waals surface area (Å²) in [5, 5.41) is 0. The summed E-state index contributed by atoms with van der Waals surface area (Å²) in [6.45, 7) is 6.37. The van der Waals surface area contributed by atoms with Crippen LogP contribution in [0, 0.1) is 5.92 Å². The monoisotopic (exact) mass is 111 g/mol. The first-order valence-electron chi connectivity index (χ1n) is 3.45. The average Bonchev–Trinajstić information content (AvgIpc) is 1.67. The summed E-state index contributed by atoms with van der Waals surface area (Å²) in [5.41, 5.74) is 5.51. The molecule has 0 aliphatic carbocycles. The average molecular weight is 111 g/mol. The van der Waals surface area contributed by atoms with Gasteiger partial charge in [-0.05, 0) is 12.4 Å². The number of rotatable bonds is 1. The van der Waals surface area contributed by atoms with Gasteiger partial charge < -0.3 is 5.73 Å². The molecule has 0 bridgehead atoms. The summed E-state index contributed by atoms with van der Waals surface area (Å²) in [6, 6.07) is 0. The summed E-state index contributed by atoms with van der Waals surface area (Å²) in [4.78, 5) is 0. The van der Waals surface area contributed by atoms with Crippen molar-refractivity contribution >= 4 is 6.71 Å². The summed E-state index contributed by atoms with van der Waals surface area (Å²) >= 11 is 0. The van der Waals surface area contributed by atoms with Crippen LogP contribution in [0.5, 0.6) is 0 Å². The van der Waals surface area contributed by atoms with E-state index in [2.05, 4.69) is 13.7 Å². The quantitative estimate of drug-likeness (QED) is 0.503. The first-order chi connectivity index (χ1) is 3.75. The summed E-state index contributed by atoms with van der Waals surface area (Å²) in [6.07, 6.45) is 1.39. The third kappa shape index (κ3) is 0.773. The van der Waals surface area contributed by atoms with E-state index in [1.165, 1.54) is 6.32 Å². The molecule has 2 heteroatoms. The Hall–Kier alpha value is 0.0249. The van der Waals surface area contributed by atoms with E-state index in [0.29, 0.717) is 0 Å². The minimum Gasteiger partial charge on any atom is -0.331 e. The van der Waals surface area contributed by atoms with Gasteiger partial charge in [-0.2, -0.15) is 0 Å². The van der Waals surface area contributed by atoms with Crippen LogP contribution in [-0.4, -0.2) is 13.3 Å². The smallest absolute Gasteiger partial charge is 0.142 e. The zero-order valence-corrected chi connectivity index (χ0v) is 5.72. The normalized spacial score (nSPS) is 37.1. The van der Waals surface area contributed by atoms with Crippen molar-refractivity contribution in [1.82, 2.24) is 0 Å². The van der Waals surface area contributed by atoms with Crippen LogP contribution in [-0.2, 0) is 0 Å². The van der Waals surface area contributed by atoms with Crippen LogP contribution in [0.4, 0.5) is 0 Å². The second-order valence-electron chi connectivity index (χ2n) is 3.09. The lowest BCUT2D eigenvalue weighted by molar-refractivity contribution is 0.516. The summed E-state index contributed by atoms with van der Waals surface area (Å²) < 4.78 is 0. The molecular formula is C6H14BN. The fourth-order valence-electron chi connectivity index (χ4n) is 1.77. The number of hydrogen-bond acceptors (Lipinski definition) is 1. The van der Waals surface area contributed by atoms with Gasteiger partial charge in [0, 0.05) is 0 Å². The predicted octanol–water partition coefficient (Wildman–Crippen LogP) is 1.09. The van der Waals surface area contributed by atoms with Crippen molar-refractivity contribution in [3.63, 3.8) is 0 Å². The zero-order valence-electron chi connectivity index (χ0n) is 5.72. The number of nitrogens with two attached hydrogens (primary N) is 1. The maximum absolute atomic E-state index is 5.51. The van der Waals surface area contributed by atoms with Crippen molar-refractivity contribution in [3.05, 3.63) is 0 Å². The van der Waals surface area contributed by atoms with Crippen LogP contribution in [0.1, 0.15) is 6.92 Å². The van der Waals surface area contributed by atoms with Gasteiger partial charge in [-0.1, -0.05) is 26.0 Å². The SMILES string of the molecule is CB1CC(C)C1CN. The van der Waals surface area contributed by atoms with Crippen LogP contribution in [0.25, 0.3) is 0 Å². The minimum atomic E-state index is 0.829. The summed E-state index contributed by atoms with van der Waals surface area (Å²) in [7, 11) is 0. The van der Waals surface area contributed by atoms with Crippen LogP contribution in [0.3, 0.4) is 0 Å². The second-order valence-corrected chi connectivity index (χ2v) is 3.09. The third-order valence-corrected chi connectivity index (χ3v) is 2.48. The van der Waals surface area contributed by atoms with Crippen molar-refractivity contribution in [1.29, 1.82) is 0 Å². The Morgan fingerprint density at radius 2 is 2.38 bits per heavy atom. The molecule has 2 unspecified atom stereocenters. The zero-order chi connectivity index (χ0) is 6.15. The van der Waals surface area contributed by atoms with E-state index in [4.69, 9.17) is 5.73 Å². The Morgan fingerprint density at radius 3 is 2.50 bits per heavy atom. The molecule has 1 aliphatic rings. The molecule has 0 radical (unpaired) electrons. The fraction of sp³-hybridized carbons (Fsp3) is 1.00. The van der Waals surface area contributed by atoms with Crippen LogP contribution in [0.15, 0.2) is 0 Å². The molecule has 8 heavy (non-hydrogen) atoms. The first kappa shape index (κ1) is 6.15. The largest absolute Gasteiger partial charge is 0.331 e. The second kappa shape index (κ2) is 2.10. The molecule has 46 valence electrons. The predicted molar refractivity (Wildman–Crippen MR) is 38.4 cm³/mol. The van der Waals surface area contributed by atoms with Crippen molar-refractivity contribution < 1.29 is 0 Å². The standard InChI is InChI=1S/C6H14BN/c1-5-3-7(2)6(5)4-8/h5-6H,3-4,8H2,1-2H3. The molecule has 1 nitrogen and oxygen atoms in total. The van der Waals surface area contributed by atoms with Gasteiger partial charge in [0.05, 0.1) is 0 Å². The molecule has 0 amide bonds. The van der Waals surface area contributed by atoms with Gasteiger partial charge in [0.1, 0.15) is 6.71 Å². The highest BCUT2D eigenvalue weighted by Gasteiger charge is 2.35. The molecule has 0 aromatic rings. The molecule has 0 aromatic heterocycles. The van der Waals surface area contributed by atoms with E-state index in [-0.39, 0.29) is 0 Å². The fourth-order valence-corrected chi connectivity index (χ4v) is 1.77. The van der Waals surface area contributed by atoms with E-state index in [1.54, 1.807) is 0 Å². The molecule has 0 saturated carbocycles. The maximum atomic E-state index is 5.51. The van der Waals surface area contributed by atoms with Gasteiger partial charge in [0.25, 0.3) is 0 Å². The Bertz CT molecular complexity index is 76.6. The van der Waals surface area contributed by atoms with Crippen molar-refractivity contribution in [2.75, 3.05) is 6.54 Å². The lowest BCUT2D eigenvalue weighted by Gasteiger charge is -2.38. The van der Waals surface area contributed by atoms with E-state index in [1.807, 2.05) is 0 Å². The third-order valence-electron chi connectivity index (χ3n) is 2.48. The lowest BCUT2D eigenvalue weighted by atomic mass is 9.27. The molecule has 2 atom stereocenters. The van der Waals surface area contributed by atoms with E-state index < -0.39 is 0 Å². The number of hydrogen-bond donors (Lipinski definition) is 1. The van der Waals surface area contributed by atoms with Crippen LogP contribution >= 0.6 is 0 Å². The molecule has 1 aliphatic heterocycles. The van der Waals surface area contributed by atoms with Gasteiger partial charge in [-0.3, -0.25) is 0 Å².